The first-order chi connectivity index (χ1) is 12.1. The van der Waals surface area contributed by atoms with Gasteiger partial charge in [-0.1, -0.05) is 18.2 Å². The Bertz CT molecular complexity index is 669. The molecule has 5 heteroatoms. The summed E-state index contributed by atoms with van der Waals surface area (Å²) in [5.74, 6) is -0.288. The number of nitrogens with one attached hydrogen (secondary N) is 2. The zero-order chi connectivity index (χ0) is 18.1. The van der Waals surface area contributed by atoms with Crippen molar-refractivity contribution in [2.75, 3.05) is 29.9 Å². The summed E-state index contributed by atoms with van der Waals surface area (Å²) >= 11 is 0. The van der Waals surface area contributed by atoms with E-state index in [1.54, 1.807) is 18.2 Å². The first-order valence-electron chi connectivity index (χ1n) is 8.73. The van der Waals surface area contributed by atoms with E-state index in [1.165, 1.54) is 6.07 Å². The van der Waals surface area contributed by atoms with E-state index in [-0.39, 0.29) is 11.7 Å². The van der Waals surface area contributed by atoms with Crippen LogP contribution in [0.3, 0.4) is 0 Å². The monoisotopic (exact) mass is 343 g/mol. The lowest BCUT2D eigenvalue weighted by Crippen LogP contribution is -2.22. The molecule has 0 aromatic heterocycles. The minimum Gasteiger partial charge on any atom is -0.372 e. The quantitative estimate of drug-likeness (QED) is 0.681. The van der Waals surface area contributed by atoms with Crippen LogP contribution in [0.4, 0.5) is 15.8 Å². The molecule has 2 aromatic rings. The van der Waals surface area contributed by atoms with E-state index >= 15 is 0 Å². The van der Waals surface area contributed by atoms with Crippen LogP contribution >= 0.6 is 0 Å². The first-order valence-corrected chi connectivity index (χ1v) is 8.73. The van der Waals surface area contributed by atoms with Crippen molar-refractivity contribution >= 4 is 17.3 Å². The zero-order valence-electron chi connectivity index (χ0n) is 14.9. The van der Waals surface area contributed by atoms with Gasteiger partial charge in [-0.3, -0.25) is 4.79 Å². The highest BCUT2D eigenvalue weighted by atomic mass is 19.1. The van der Waals surface area contributed by atoms with Crippen LogP contribution in [0.25, 0.3) is 0 Å². The summed E-state index contributed by atoms with van der Waals surface area (Å²) in [4.78, 5) is 14.2. The SMILES string of the molecule is CCN(CC)c1ccc(NC(=O)CCNCc2ccccc2F)cc1. The summed E-state index contributed by atoms with van der Waals surface area (Å²) < 4.78 is 13.5. The van der Waals surface area contributed by atoms with Crippen molar-refractivity contribution in [1.82, 2.24) is 5.32 Å². The summed E-state index contributed by atoms with van der Waals surface area (Å²) in [6.07, 6.45) is 0.340. The van der Waals surface area contributed by atoms with Crippen LogP contribution in [0.2, 0.25) is 0 Å². The van der Waals surface area contributed by atoms with Crippen molar-refractivity contribution in [3.05, 3.63) is 59.9 Å². The normalized spacial score (nSPS) is 10.5. The van der Waals surface area contributed by atoms with Crippen LogP contribution in [0.15, 0.2) is 48.5 Å². The second kappa shape index (κ2) is 9.79. The molecule has 0 aliphatic rings. The van der Waals surface area contributed by atoms with Gasteiger partial charge in [-0.15, -0.1) is 0 Å². The number of amides is 1. The van der Waals surface area contributed by atoms with Crippen molar-refractivity contribution < 1.29 is 9.18 Å². The average molecular weight is 343 g/mol. The van der Waals surface area contributed by atoms with E-state index in [0.29, 0.717) is 25.1 Å². The van der Waals surface area contributed by atoms with Gasteiger partial charge in [0.2, 0.25) is 5.91 Å². The minimum atomic E-state index is -0.229. The standard InChI is InChI=1S/C20H26FN3O/c1-3-24(4-2)18-11-9-17(10-12-18)23-20(25)13-14-22-15-16-7-5-6-8-19(16)21/h5-12,22H,3-4,13-15H2,1-2H3,(H,23,25). The smallest absolute Gasteiger partial charge is 0.225 e. The van der Waals surface area contributed by atoms with Crippen LogP contribution in [0.1, 0.15) is 25.8 Å². The fourth-order valence-corrected chi connectivity index (χ4v) is 2.63. The molecule has 25 heavy (non-hydrogen) atoms. The van der Waals surface area contributed by atoms with Crippen molar-refractivity contribution in [3.8, 4) is 0 Å². The summed E-state index contributed by atoms with van der Waals surface area (Å²) in [5, 5.41) is 5.97. The number of hydrogen-bond acceptors (Lipinski definition) is 3. The molecule has 0 radical (unpaired) electrons. The Labute approximate surface area is 149 Å². The molecule has 0 aliphatic heterocycles. The van der Waals surface area contributed by atoms with E-state index in [9.17, 15) is 9.18 Å². The lowest BCUT2D eigenvalue weighted by atomic mass is 10.2. The Morgan fingerprint density at radius 3 is 2.36 bits per heavy atom. The molecule has 1 amide bonds. The maximum absolute atomic E-state index is 13.5. The Morgan fingerprint density at radius 1 is 1.04 bits per heavy atom. The van der Waals surface area contributed by atoms with E-state index < -0.39 is 0 Å². The molecule has 0 spiro atoms. The van der Waals surface area contributed by atoms with Crippen molar-refractivity contribution in [2.45, 2.75) is 26.8 Å². The van der Waals surface area contributed by atoms with Crippen LogP contribution in [0.5, 0.6) is 0 Å². The third-order valence-electron chi connectivity index (χ3n) is 4.08. The van der Waals surface area contributed by atoms with Gasteiger partial charge in [0.1, 0.15) is 5.82 Å². The predicted molar refractivity (Wildman–Crippen MR) is 101 cm³/mol. The second-order valence-electron chi connectivity index (χ2n) is 5.79. The summed E-state index contributed by atoms with van der Waals surface area (Å²) in [6, 6.07) is 14.5. The van der Waals surface area contributed by atoms with Gasteiger partial charge in [-0.25, -0.2) is 4.39 Å². The van der Waals surface area contributed by atoms with Crippen LogP contribution in [0, 0.1) is 5.82 Å². The average Bonchev–Trinajstić information content (AvgIpc) is 2.62. The number of carbonyl (C=O) groups excluding carboxylic acids is 1. The highest BCUT2D eigenvalue weighted by molar-refractivity contribution is 5.91. The third kappa shape index (κ3) is 5.87. The number of rotatable bonds is 9. The molecule has 0 aliphatic carbocycles. The largest absolute Gasteiger partial charge is 0.372 e. The van der Waals surface area contributed by atoms with Crippen molar-refractivity contribution in [1.29, 1.82) is 0 Å². The van der Waals surface area contributed by atoms with Gasteiger partial charge in [0.05, 0.1) is 0 Å². The van der Waals surface area contributed by atoms with E-state index in [4.69, 9.17) is 0 Å². The topological polar surface area (TPSA) is 44.4 Å². The van der Waals surface area contributed by atoms with Crippen LogP contribution < -0.4 is 15.5 Å². The van der Waals surface area contributed by atoms with Crippen molar-refractivity contribution in [3.63, 3.8) is 0 Å². The summed E-state index contributed by atoms with van der Waals surface area (Å²) in [7, 11) is 0. The Hall–Kier alpha value is -2.40. The highest BCUT2D eigenvalue weighted by Crippen LogP contribution is 2.17. The fourth-order valence-electron chi connectivity index (χ4n) is 2.63. The molecular formula is C20H26FN3O. The van der Waals surface area contributed by atoms with Gasteiger partial charge < -0.3 is 15.5 Å². The lowest BCUT2D eigenvalue weighted by Gasteiger charge is -2.21. The van der Waals surface area contributed by atoms with Crippen LogP contribution in [-0.2, 0) is 11.3 Å². The number of nitrogens with zero attached hydrogens (tertiary/aromatic N) is 1. The zero-order valence-corrected chi connectivity index (χ0v) is 14.9. The van der Waals surface area contributed by atoms with E-state index in [1.807, 2.05) is 24.3 Å². The second-order valence-corrected chi connectivity index (χ2v) is 5.79. The van der Waals surface area contributed by atoms with Crippen LogP contribution in [-0.4, -0.2) is 25.5 Å². The number of hydrogen-bond donors (Lipinski definition) is 2. The number of anilines is 2. The maximum atomic E-state index is 13.5. The Balaban J connectivity index is 1.74. The van der Waals surface area contributed by atoms with Crippen molar-refractivity contribution in [2.24, 2.45) is 0 Å². The van der Waals surface area contributed by atoms with Gasteiger partial charge in [0.25, 0.3) is 0 Å². The number of benzene rings is 2. The molecule has 0 bridgehead atoms. The maximum Gasteiger partial charge on any atom is 0.225 e. The molecule has 0 heterocycles. The molecule has 0 unspecified atom stereocenters. The molecule has 2 rings (SSSR count). The summed E-state index contributed by atoms with van der Waals surface area (Å²) in [5.41, 5.74) is 2.54. The molecule has 0 saturated carbocycles. The molecule has 0 saturated heterocycles. The van der Waals surface area contributed by atoms with Gasteiger partial charge in [-0.2, -0.15) is 0 Å². The number of carbonyl (C=O) groups is 1. The van der Waals surface area contributed by atoms with Gasteiger partial charge >= 0.3 is 0 Å². The lowest BCUT2D eigenvalue weighted by molar-refractivity contribution is -0.116. The van der Waals surface area contributed by atoms with E-state index in [2.05, 4.69) is 29.4 Å². The molecule has 2 aromatic carbocycles. The Kier molecular flexibility index (Phi) is 7.41. The first kappa shape index (κ1) is 18.9. The van der Waals surface area contributed by atoms with Gasteiger partial charge in [0, 0.05) is 49.5 Å². The molecule has 4 nitrogen and oxygen atoms in total. The van der Waals surface area contributed by atoms with Gasteiger partial charge in [-0.05, 0) is 44.2 Å². The molecule has 2 N–H and O–H groups in total. The predicted octanol–water partition coefficient (Wildman–Crippen LogP) is 3.79. The Morgan fingerprint density at radius 2 is 1.72 bits per heavy atom. The highest BCUT2D eigenvalue weighted by Gasteiger charge is 2.05. The van der Waals surface area contributed by atoms with Gasteiger partial charge in [0.15, 0.2) is 0 Å². The summed E-state index contributed by atoms with van der Waals surface area (Å²) in [6.45, 7) is 7.06. The molecule has 0 fully saturated rings. The molecular weight excluding hydrogens is 317 g/mol. The molecule has 0 atom stereocenters. The number of halogens is 1. The van der Waals surface area contributed by atoms with E-state index in [0.717, 1.165) is 24.5 Å². The third-order valence-corrected chi connectivity index (χ3v) is 4.08. The molecule has 134 valence electrons. The minimum absolute atomic E-state index is 0.0587. The fraction of sp³-hybridized carbons (Fsp3) is 0.350.